The lowest BCUT2D eigenvalue weighted by molar-refractivity contribution is -0.121. The number of methoxy groups -OCH3 is 1. The van der Waals surface area contributed by atoms with Crippen molar-refractivity contribution in [2.45, 2.75) is 45.1 Å². The lowest BCUT2D eigenvalue weighted by atomic mass is 9.95. The van der Waals surface area contributed by atoms with Gasteiger partial charge in [0.15, 0.2) is 0 Å². The number of nitrogens with zero attached hydrogens (tertiary/aromatic N) is 2. The summed E-state index contributed by atoms with van der Waals surface area (Å²) in [5.41, 5.74) is 1.03. The Labute approximate surface area is 212 Å². The van der Waals surface area contributed by atoms with Crippen LogP contribution in [-0.4, -0.2) is 48.6 Å². The molecule has 0 spiro atoms. The Morgan fingerprint density at radius 3 is 2.54 bits per heavy atom. The van der Waals surface area contributed by atoms with Crippen LogP contribution >= 0.6 is 0 Å². The Morgan fingerprint density at radius 1 is 1.24 bits per heavy atom. The molecule has 3 aromatic rings. The number of ether oxygens (including phenoxy) is 1. The number of hydrogen-bond donors (Lipinski definition) is 2. The number of carbonyl (C=O) groups excluding carboxylic acids is 2. The van der Waals surface area contributed by atoms with E-state index in [1.54, 1.807) is 12.1 Å². The van der Waals surface area contributed by atoms with Crippen molar-refractivity contribution in [3.05, 3.63) is 75.0 Å². The number of aromatic nitrogens is 2. The third-order valence-electron chi connectivity index (χ3n) is 6.67. The predicted octanol–water partition coefficient (Wildman–Crippen LogP) is 3.10. The summed E-state index contributed by atoms with van der Waals surface area (Å²) in [6.07, 6.45) is 0.339. The van der Waals surface area contributed by atoms with Gasteiger partial charge in [0.1, 0.15) is 17.7 Å². The summed E-state index contributed by atoms with van der Waals surface area (Å²) in [6, 6.07) is 6.01. The summed E-state index contributed by atoms with van der Waals surface area (Å²) in [6.45, 7) is 6.01. The Balaban J connectivity index is 1.71. The number of halogens is 2. The highest BCUT2D eigenvalue weighted by molar-refractivity contribution is 6.89. The third-order valence-corrected chi connectivity index (χ3v) is 10.3. The third kappa shape index (κ3) is 5.25. The van der Waals surface area contributed by atoms with E-state index in [0.717, 1.165) is 18.2 Å². The number of fused-ring (bicyclic) bond motifs is 1. The van der Waals surface area contributed by atoms with Crippen molar-refractivity contribution in [2.75, 3.05) is 19.0 Å². The van der Waals surface area contributed by atoms with Crippen molar-refractivity contribution in [1.29, 1.82) is 0 Å². The first-order valence-corrected chi connectivity index (χ1v) is 15.0. The van der Waals surface area contributed by atoms with Crippen molar-refractivity contribution in [2.24, 2.45) is 0 Å². The van der Waals surface area contributed by atoms with Crippen LogP contribution in [0.25, 0.3) is 0 Å². The molecule has 0 aliphatic carbocycles. The zero-order valence-electron chi connectivity index (χ0n) is 21.0. The van der Waals surface area contributed by atoms with E-state index in [1.807, 2.05) is 20.0 Å². The smallest absolute Gasteiger partial charge is 0.293 e. The molecule has 0 radical (unpaired) electrons. The first-order valence-electron chi connectivity index (χ1n) is 11.8. The molecule has 1 aromatic carbocycles. The molecule has 1 unspecified atom stereocenters. The van der Waals surface area contributed by atoms with Crippen LogP contribution in [0.15, 0.2) is 39.6 Å². The number of carbonyl (C=O) groups is 2. The van der Waals surface area contributed by atoms with Crippen molar-refractivity contribution in [3.63, 3.8) is 0 Å². The zero-order valence-corrected chi connectivity index (χ0v) is 22.0. The summed E-state index contributed by atoms with van der Waals surface area (Å²) < 4.78 is 40.1. The number of H-pyrrole nitrogens is 1. The minimum absolute atomic E-state index is 0.0682. The molecule has 37 heavy (non-hydrogen) atoms. The van der Waals surface area contributed by atoms with Gasteiger partial charge in [-0.1, -0.05) is 32.1 Å². The number of aromatic amines is 1. The molecule has 0 bridgehead atoms. The van der Waals surface area contributed by atoms with Crippen molar-refractivity contribution >= 4 is 30.8 Å². The van der Waals surface area contributed by atoms with Gasteiger partial charge in [0.05, 0.1) is 26.4 Å². The second-order valence-electron chi connectivity index (χ2n) is 9.54. The van der Waals surface area contributed by atoms with Gasteiger partial charge in [-0.05, 0) is 18.2 Å². The van der Waals surface area contributed by atoms with Gasteiger partial charge in [-0.3, -0.25) is 19.4 Å². The average molecular weight is 531 g/mol. The van der Waals surface area contributed by atoms with E-state index in [9.17, 15) is 23.2 Å². The number of pyridine rings is 1. The summed E-state index contributed by atoms with van der Waals surface area (Å²) in [7, 11) is -0.794. The van der Waals surface area contributed by atoms with E-state index in [1.165, 1.54) is 12.0 Å². The molecule has 2 aromatic heterocycles. The van der Waals surface area contributed by atoms with E-state index in [0.29, 0.717) is 29.4 Å². The van der Waals surface area contributed by atoms with Crippen LogP contribution in [-0.2, 0) is 22.6 Å². The molecular weight excluding hydrogens is 502 g/mol. The SMILES string of the molecule is CC[Si](C)(C)c1c(F)cc(NC(=O)C2c3ccc(COC)nc3CCN2C(=O)c2cc(=O)[nH]o2)cc1F. The average Bonchev–Trinajstić information content (AvgIpc) is 3.28. The normalized spacial score (nSPS) is 15.4. The summed E-state index contributed by atoms with van der Waals surface area (Å²) in [4.78, 5) is 44.1. The second-order valence-corrected chi connectivity index (χ2v) is 14.5. The minimum atomic E-state index is -2.33. The van der Waals surface area contributed by atoms with E-state index >= 15 is 0 Å². The maximum Gasteiger partial charge on any atom is 0.293 e. The van der Waals surface area contributed by atoms with Gasteiger partial charge < -0.3 is 19.5 Å². The van der Waals surface area contributed by atoms with Crippen LogP contribution < -0.4 is 16.1 Å². The molecule has 1 aliphatic rings. The maximum absolute atomic E-state index is 15.0. The minimum Gasteiger partial charge on any atom is -0.378 e. The highest BCUT2D eigenvalue weighted by Gasteiger charge is 2.39. The summed E-state index contributed by atoms with van der Waals surface area (Å²) >= 11 is 0. The molecule has 0 fully saturated rings. The fraction of sp³-hybridized carbons (Fsp3) is 0.360. The fourth-order valence-corrected chi connectivity index (χ4v) is 6.26. The van der Waals surface area contributed by atoms with E-state index in [4.69, 9.17) is 9.26 Å². The first kappa shape index (κ1) is 26.4. The van der Waals surface area contributed by atoms with Gasteiger partial charge in [0.2, 0.25) is 5.76 Å². The van der Waals surface area contributed by atoms with Gasteiger partial charge in [0.25, 0.3) is 17.4 Å². The van der Waals surface area contributed by atoms with E-state index in [2.05, 4.69) is 15.5 Å². The van der Waals surface area contributed by atoms with Crippen LogP contribution in [0.2, 0.25) is 19.1 Å². The predicted molar refractivity (Wildman–Crippen MR) is 134 cm³/mol. The van der Waals surface area contributed by atoms with Crippen LogP contribution in [0.1, 0.15) is 40.5 Å². The molecule has 12 heteroatoms. The van der Waals surface area contributed by atoms with Gasteiger partial charge in [-0.25, -0.2) is 8.78 Å². The second kappa shape index (κ2) is 10.4. The maximum atomic E-state index is 15.0. The first-order chi connectivity index (χ1) is 17.6. The van der Waals surface area contributed by atoms with Gasteiger partial charge in [-0.2, -0.15) is 5.16 Å². The molecule has 1 aliphatic heterocycles. The zero-order chi connectivity index (χ0) is 26.9. The molecule has 3 heterocycles. The summed E-state index contributed by atoms with van der Waals surface area (Å²) in [5, 5.41) is 4.70. The molecule has 196 valence electrons. The van der Waals surface area contributed by atoms with Crippen LogP contribution in [0.4, 0.5) is 14.5 Å². The van der Waals surface area contributed by atoms with Crippen molar-refractivity contribution < 1.29 is 27.6 Å². The molecule has 9 nitrogen and oxygen atoms in total. The molecule has 0 saturated carbocycles. The fourth-order valence-electron chi connectivity index (χ4n) is 4.47. The number of rotatable bonds is 7. The van der Waals surface area contributed by atoms with Crippen LogP contribution in [0.5, 0.6) is 0 Å². The molecule has 2 N–H and O–H groups in total. The van der Waals surface area contributed by atoms with Crippen LogP contribution in [0.3, 0.4) is 0 Å². The number of amides is 2. The monoisotopic (exact) mass is 530 g/mol. The Bertz CT molecular complexity index is 1380. The largest absolute Gasteiger partial charge is 0.378 e. The summed E-state index contributed by atoms with van der Waals surface area (Å²) in [5.74, 6) is -3.07. The van der Waals surface area contributed by atoms with Gasteiger partial charge in [0, 0.05) is 42.2 Å². The number of benzene rings is 1. The lowest BCUT2D eigenvalue weighted by Crippen LogP contribution is -2.46. The van der Waals surface area contributed by atoms with Gasteiger partial charge in [-0.15, -0.1) is 0 Å². The van der Waals surface area contributed by atoms with E-state index < -0.39 is 43.1 Å². The topological polar surface area (TPSA) is 118 Å². The number of hydrogen-bond acceptors (Lipinski definition) is 6. The molecule has 0 saturated heterocycles. The standard InChI is InChI=1S/C25H28F2N4O5Si/c1-5-37(3,4)23-17(26)10-15(11-18(23)27)29-24(33)22-16-7-6-14(13-35-2)28-19(16)8-9-31(22)25(34)20-12-21(32)30-36-20/h6-7,10-12,22H,5,8-9,13H2,1-4H3,(H,29,33)(H,30,32). The Morgan fingerprint density at radius 2 is 1.95 bits per heavy atom. The van der Waals surface area contributed by atoms with Gasteiger partial charge >= 0.3 is 0 Å². The van der Waals surface area contributed by atoms with Crippen LogP contribution in [0, 0.1) is 11.6 Å². The van der Waals surface area contributed by atoms with Crippen molar-refractivity contribution in [1.82, 2.24) is 15.0 Å². The lowest BCUT2D eigenvalue weighted by Gasteiger charge is -2.35. The van der Waals surface area contributed by atoms with E-state index in [-0.39, 0.29) is 29.8 Å². The quantitative estimate of drug-likeness (QED) is 0.454. The highest BCUT2D eigenvalue weighted by atomic mass is 28.3. The number of anilines is 1. The van der Waals surface area contributed by atoms with Crippen molar-refractivity contribution in [3.8, 4) is 0 Å². The number of nitrogens with one attached hydrogen (secondary N) is 2. The Kier molecular flexibility index (Phi) is 7.41. The molecule has 1 atom stereocenters. The molecular formula is C25H28F2N4O5Si. The highest BCUT2D eigenvalue weighted by Crippen LogP contribution is 2.32. The molecule has 2 amide bonds. The Hall–Kier alpha value is -3.64. The molecule has 4 rings (SSSR count).